The molecule has 0 radical (unpaired) electrons. The number of hydrogen-bond donors (Lipinski definition) is 1. The van der Waals surface area contributed by atoms with E-state index in [1.165, 1.54) is 17.6 Å². The molecule has 0 saturated carbocycles. The molecular formula is C21H24N2O4S. The van der Waals surface area contributed by atoms with Gasteiger partial charge in [-0.3, -0.25) is 9.59 Å². The molecule has 1 atom stereocenters. The van der Waals surface area contributed by atoms with E-state index in [0.717, 1.165) is 12.8 Å². The van der Waals surface area contributed by atoms with Crippen LogP contribution in [0.15, 0.2) is 35.7 Å². The number of carbonyl (C=O) groups excluding carboxylic acids is 3. The number of nitrogens with zero attached hydrogens (tertiary/aromatic N) is 1. The van der Waals surface area contributed by atoms with E-state index in [-0.39, 0.29) is 11.8 Å². The standard InChI is InChI=1S/C21H24N2O4S/c1-3-4-17(20(25)23-11-9-18-16(13-23)10-12-28-18)22-19(24)14-5-7-15(8-6-14)21(26)27-2/h5-8,10,12,17H,3-4,9,11,13H2,1-2H3,(H,22,24). The molecule has 2 amide bonds. The molecule has 0 saturated heterocycles. The maximum Gasteiger partial charge on any atom is 0.337 e. The van der Waals surface area contributed by atoms with Crippen molar-refractivity contribution in [3.05, 3.63) is 57.3 Å². The minimum atomic E-state index is -0.557. The van der Waals surface area contributed by atoms with Gasteiger partial charge in [-0.2, -0.15) is 0 Å². The van der Waals surface area contributed by atoms with Gasteiger partial charge in [0.2, 0.25) is 5.91 Å². The summed E-state index contributed by atoms with van der Waals surface area (Å²) in [7, 11) is 1.31. The highest BCUT2D eigenvalue weighted by atomic mass is 32.1. The van der Waals surface area contributed by atoms with Crippen LogP contribution >= 0.6 is 11.3 Å². The Hall–Kier alpha value is -2.67. The third-order valence-corrected chi connectivity index (χ3v) is 5.89. The number of thiophene rings is 1. The van der Waals surface area contributed by atoms with Gasteiger partial charge in [0.1, 0.15) is 6.04 Å². The van der Waals surface area contributed by atoms with Gasteiger partial charge in [-0.1, -0.05) is 13.3 Å². The summed E-state index contributed by atoms with van der Waals surface area (Å²) >= 11 is 1.73. The highest BCUT2D eigenvalue weighted by Crippen LogP contribution is 2.24. The summed E-state index contributed by atoms with van der Waals surface area (Å²) in [4.78, 5) is 40.3. The third kappa shape index (κ3) is 4.42. The molecule has 2 aromatic rings. The maximum absolute atomic E-state index is 13.0. The van der Waals surface area contributed by atoms with E-state index in [1.807, 2.05) is 11.8 Å². The van der Waals surface area contributed by atoms with E-state index in [0.29, 0.717) is 30.6 Å². The molecule has 0 spiro atoms. The molecule has 3 rings (SSSR count). The van der Waals surface area contributed by atoms with Crippen LogP contribution in [0.3, 0.4) is 0 Å². The van der Waals surface area contributed by atoms with Gasteiger partial charge < -0.3 is 15.0 Å². The van der Waals surface area contributed by atoms with E-state index in [1.54, 1.807) is 35.6 Å². The second kappa shape index (κ2) is 9.01. The molecule has 1 unspecified atom stereocenters. The lowest BCUT2D eigenvalue weighted by Crippen LogP contribution is -2.49. The quantitative estimate of drug-likeness (QED) is 0.757. The zero-order valence-electron chi connectivity index (χ0n) is 16.1. The Morgan fingerprint density at radius 2 is 1.89 bits per heavy atom. The molecule has 0 fully saturated rings. The second-order valence-electron chi connectivity index (χ2n) is 6.76. The minimum Gasteiger partial charge on any atom is -0.465 e. The smallest absolute Gasteiger partial charge is 0.337 e. The molecular weight excluding hydrogens is 376 g/mol. The monoisotopic (exact) mass is 400 g/mol. The number of benzene rings is 1. The molecule has 6 nitrogen and oxygen atoms in total. The predicted octanol–water partition coefficient (Wildman–Crippen LogP) is 3.02. The molecule has 28 heavy (non-hydrogen) atoms. The number of methoxy groups -OCH3 is 1. The molecule has 0 bridgehead atoms. The minimum absolute atomic E-state index is 0.0433. The van der Waals surface area contributed by atoms with E-state index in [9.17, 15) is 14.4 Å². The predicted molar refractivity (Wildman–Crippen MR) is 107 cm³/mol. The lowest BCUT2D eigenvalue weighted by Gasteiger charge is -2.31. The summed E-state index contributed by atoms with van der Waals surface area (Å²) in [6, 6.07) is 7.72. The number of amides is 2. The molecule has 7 heteroatoms. The first kappa shape index (κ1) is 20.1. The van der Waals surface area contributed by atoms with Gasteiger partial charge in [-0.25, -0.2) is 4.79 Å². The Balaban J connectivity index is 1.67. The average Bonchev–Trinajstić information content (AvgIpc) is 3.20. The van der Waals surface area contributed by atoms with Crippen LogP contribution in [-0.2, 0) is 22.5 Å². The molecule has 1 aliphatic rings. The van der Waals surface area contributed by atoms with Gasteiger partial charge in [0, 0.05) is 23.5 Å². The van der Waals surface area contributed by atoms with Crippen LogP contribution in [0.2, 0.25) is 0 Å². The second-order valence-corrected chi connectivity index (χ2v) is 7.76. The summed E-state index contributed by atoms with van der Waals surface area (Å²) in [5, 5.41) is 4.93. The van der Waals surface area contributed by atoms with Crippen molar-refractivity contribution in [3.8, 4) is 0 Å². The van der Waals surface area contributed by atoms with Crippen molar-refractivity contribution >= 4 is 29.1 Å². The molecule has 1 N–H and O–H groups in total. The molecule has 1 aliphatic heterocycles. The Morgan fingerprint density at radius 1 is 1.18 bits per heavy atom. The number of nitrogens with one attached hydrogen (secondary N) is 1. The maximum atomic E-state index is 13.0. The summed E-state index contributed by atoms with van der Waals surface area (Å²) in [6.07, 6.45) is 2.23. The summed E-state index contributed by atoms with van der Waals surface area (Å²) in [5.41, 5.74) is 1.98. The van der Waals surface area contributed by atoms with E-state index in [4.69, 9.17) is 0 Å². The van der Waals surface area contributed by atoms with Crippen molar-refractivity contribution in [2.24, 2.45) is 0 Å². The highest BCUT2D eigenvalue weighted by molar-refractivity contribution is 7.10. The fourth-order valence-corrected chi connectivity index (χ4v) is 4.21. The lowest BCUT2D eigenvalue weighted by atomic mass is 10.1. The van der Waals surface area contributed by atoms with E-state index >= 15 is 0 Å². The molecule has 2 heterocycles. The Bertz CT molecular complexity index is 860. The normalized spacial score (nSPS) is 14.1. The zero-order chi connectivity index (χ0) is 20.1. The summed E-state index contributed by atoms with van der Waals surface area (Å²) in [5.74, 6) is -0.821. The SMILES string of the molecule is CCCC(NC(=O)c1ccc(C(=O)OC)cc1)C(=O)N1CCc2sccc2C1. The number of esters is 1. The largest absolute Gasteiger partial charge is 0.465 e. The van der Waals surface area contributed by atoms with Gasteiger partial charge in [0.05, 0.1) is 12.7 Å². The van der Waals surface area contributed by atoms with Crippen LogP contribution in [-0.4, -0.2) is 42.4 Å². The van der Waals surface area contributed by atoms with Gasteiger partial charge >= 0.3 is 5.97 Å². The molecule has 148 valence electrons. The van der Waals surface area contributed by atoms with Crippen molar-refractivity contribution in [3.63, 3.8) is 0 Å². The van der Waals surface area contributed by atoms with Gasteiger partial charge in [0.25, 0.3) is 5.91 Å². The number of carbonyl (C=O) groups is 3. The first-order valence-corrected chi connectivity index (χ1v) is 10.2. The fraction of sp³-hybridized carbons (Fsp3) is 0.381. The average molecular weight is 401 g/mol. The number of rotatable bonds is 6. The molecule has 1 aromatic carbocycles. The van der Waals surface area contributed by atoms with Crippen LogP contribution in [0.4, 0.5) is 0 Å². The fourth-order valence-electron chi connectivity index (χ4n) is 3.32. The molecule has 1 aromatic heterocycles. The molecule has 0 aliphatic carbocycles. The van der Waals surface area contributed by atoms with E-state index in [2.05, 4.69) is 21.5 Å². The highest BCUT2D eigenvalue weighted by Gasteiger charge is 2.28. The first-order valence-electron chi connectivity index (χ1n) is 9.36. The van der Waals surface area contributed by atoms with Crippen molar-refractivity contribution < 1.29 is 19.1 Å². The number of fused-ring (bicyclic) bond motifs is 1. The van der Waals surface area contributed by atoms with Crippen molar-refractivity contribution in [1.82, 2.24) is 10.2 Å². The summed E-state index contributed by atoms with van der Waals surface area (Å²) in [6.45, 7) is 3.27. The third-order valence-electron chi connectivity index (χ3n) is 4.87. The van der Waals surface area contributed by atoms with Crippen molar-refractivity contribution in [1.29, 1.82) is 0 Å². The number of hydrogen-bond acceptors (Lipinski definition) is 5. The Morgan fingerprint density at radius 3 is 2.57 bits per heavy atom. The van der Waals surface area contributed by atoms with E-state index < -0.39 is 12.0 Å². The topological polar surface area (TPSA) is 75.7 Å². The van der Waals surface area contributed by atoms with Crippen LogP contribution in [0, 0.1) is 0 Å². The van der Waals surface area contributed by atoms with Gasteiger partial charge in [-0.05, 0) is 54.1 Å². The number of ether oxygens (including phenoxy) is 1. The van der Waals surface area contributed by atoms with Gasteiger partial charge in [-0.15, -0.1) is 11.3 Å². The Labute approximate surface area is 168 Å². The van der Waals surface area contributed by atoms with Crippen LogP contribution in [0.1, 0.15) is 50.9 Å². The van der Waals surface area contributed by atoms with Crippen LogP contribution in [0.25, 0.3) is 0 Å². The lowest BCUT2D eigenvalue weighted by molar-refractivity contribution is -0.134. The first-order chi connectivity index (χ1) is 13.5. The van der Waals surface area contributed by atoms with Crippen molar-refractivity contribution in [2.75, 3.05) is 13.7 Å². The van der Waals surface area contributed by atoms with Crippen LogP contribution < -0.4 is 5.32 Å². The van der Waals surface area contributed by atoms with Crippen molar-refractivity contribution in [2.45, 2.75) is 38.8 Å². The summed E-state index contributed by atoms with van der Waals surface area (Å²) < 4.78 is 4.66. The Kier molecular flexibility index (Phi) is 6.46. The van der Waals surface area contributed by atoms with Crippen LogP contribution in [0.5, 0.6) is 0 Å². The zero-order valence-corrected chi connectivity index (χ0v) is 16.9. The van der Waals surface area contributed by atoms with Gasteiger partial charge in [0.15, 0.2) is 0 Å².